The number of halogens is 4. The van der Waals surface area contributed by atoms with Crippen molar-refractivity contribution in [2.24, 2.45) is 0 Å². The molecule has 6 nitrogen and oxygen atoms in total. The molecule has 1 aliphatic rings. The minimum absolute atomic E-state index is 0.0793. The number of aromatic nitrogens is 1. The molecule has 3 atom stereocenters. The molecule has 2 heterocycles. The number of nitrogens with two attached hydrogens (primary N) is 1. The third kappa shape index (κ3) is 8.86. The lowest BCUT2D eigenvalue weighted by molar-refractivity contribution is -0.121. The number of rotatable bonds is 6. The van der Waals surface area contributed by atoms with E-state index in [4.69, 9.17) is 10.5 Å². The number of amides is 1. The number of carbonyl (C=O) groups excluding carboxylic acids is 1. The molecule has 2 aromatic carbocycles. The SMILES string of the molecule is CC.CC(F)(F)F.CCC(C(=O)Nc1ccccc1N)N1CC(Oc2ccnc3ccc(F)cc23)CC1C. The molecule has 0 radical (unpaired) electrons. The molecular weight excluding hydrogens is 500 g/mol. The van der Waals surface area contributed by atoms with Crippen molar-refractivity contribution in [1.29, 1.82) is 0 Å². The lowest BCUT2D eigenvalue weighted by atomic mass is 10.1. The number of pyridine rings is 1. The number of para-hydroxylation sites is 2. The first-order valence-corrected chi connectivity index (χ1v) is 12.6. The molecule has 10 heteroatoms. The van der Waals surface area contributed by atoms with Crippen LogP contribution in [0.15, 0.2) is 54.7 Å². The summed E-state index contributed by atoms with van der Waals surface area (Å²) in [5.74, 6) is 0.206. The fourth-order valence-electron chi connectivity index (χ4n) is 4.30. The number of hydrogen-bond donors (Lipinski definition) is 2. The molecule has 4 rings (SSSR count). The van der Waals surface area contributed by atoms with Gasteiger partial charge < -0.3 is 15.8 Å². The fourth-order valence-corrected chi connectivity index (χ4v) is 4.30. The zero-order chi connectivity index (χ0) is 28.5. The lowest BCUT2D eigenvalue weighted by Gasteiger charge is -2.29. The Hall–Kier alpha value is -3.40. The van der Waals surface area contributed by atoms with Crippen LogP contribution in [0.5, 0.6) is 5.75 Å². The highest BCUT2D eigenvalue weighted by Gasteiger charge is 2.37. The van der Waals surface area contributed by atoms with E-state index in [1.54, 1.807) is 30.5 Å². The number of ether oxygens (including phenoxy) is 1. The highest BCUT2D eigenvalue weighted by atomic mass is 19.4. The van der Waals surface area contributed by atoms with E-state index in [9.17, 15) is 22.4 Å². The summed E-state index contributed by atoms with van der Waals surface area (Å²) in [6.45, 7) is 8.89. The molecule has 0 saturated carbocycles. The number of anilines is 2. The van der Waals surface area contributed by atoms with E-state index in [1.807, 2.05) is 32.9 Å². The number of hydrogen-bond acceptors (Lipinski definition) is 5. The maximum atomic E-state index is 13.8. The minimum atomic E-state index is -4.00. The van der Waals surface area contributed by atoms with Crippen LogP contribution in [0.4, 0.5) is 28.9 Å². The van der Waals surface area contributed by atoms with Gasteiger partial charge in [-0.3, -0.25) is 14.7 Å². The summed E-state index contributed by atoms with van der Waals surface area (Å²) < 4.78 is 51.1. The Labute approximate surface area is 221 Å². The molecule has 1 saturated heterocycles. The third-order valence-corrected chi connectivity index (χ3v) is 5.85. The van der Waals surface area contributed by atoms with Crippen molar-refractivity contribution >= 4 is 28.2 Å². The van der Waals surface area contributed by atoms with Crippen molar-refractivity contribution in [3.05, 3.63) is 60.5 Å². The van der Waals surface area contributed by atoms with Gasteiger partial charge in [-0.2, -0.15) is 13.2 Å². The highest BCUT2D eigenvalue weighted by Crippen LogP contribution is 2.30. The number of nitrogens with zero attached hydrogens (tertiary/aromatic N) is 2. The van der Waals surface area contributed by atoms with E-state index in [1.165, 1.54) is 12.1 Å². The minimum Gasteiger partial charge on any atom is -0.488 e. The van der Waals surface area contributed by atoms with Gasteiger partial charge in [-0.15, -0.1) is 0 Å². The van der Waals surface area contributed by atoms with Crippen LogP contribution in [0.25, 0.3) is 10.9 Å². The van der Waals surface area contributed by atoms with E-state index in [0.29, 0.717) is 41.0 Å². The second kappa shape index (κ2) is 13.9. The van der Waals surface area contributed by atoms with Crippen molar-refractivity contribution in [1.82, 2.24) is 9.88 Å². The van der Waals surface area contributed by atoms with Crippen LogP contribution in [0, 0.1) is 5.82 Å². The van der Waals surface area contributed by atoms with E-state index in [0.717, 1.165) is 6.42 Å². The summed E-state index contributed by atoms with van der Waals surface area (Å²) in [5.41, 5.74) is 7.82. The predicted molar refractivity (Wildman–Crippen MR) is 144 cm³/mol. The predicted octanol–water partition coefficient (Wildman–Crippen LogP) is 6.81. The van der Waals surface area contributed by atoms with Gasteiger partial charge in [0, 0.05) is 37.5 Å². The van der Waals surface area contributed by atoms with Crippen molar-refractivity contribution in [3.8, 4) is 5.75 Å². The quantitative estimate of drug-likeness (QED) is 0.267. The van der Waals surface area contributed by atoms with E-state index >= 15 is 0 Å². The smallest absolute Gasteiger partial charge is 0.386 e. The molecule has 3 N–H and O–H groups in total. The third-order valence-electron chi connectivity index (χ3n) is 5.85. The van der Waals surface area contributed by atoms with Crippen LogP contribution in [0.2, 0.25) is 0 Å². The number of nitrogen functional groups attached to an aromatic ring is 1. The van der Waals surface area contributed by atoms with Gasteiger partial charge in [0.15, 0.2) is 0 Å². The summed E-state index contributed by atoms with van der Waals surface area (Å²) in [5, 5.41) is 3.61. The number of fused-ring (bicyclic) bond motifs is 1. The summed E-state index contributed by atoms with van der Waals surface area (Å²) in [7, 11) is 0. The second-order valence-electron chi connectivity index (χ2n) is 8.77. The van der Waals surface area contributed by atoms with E-state index < -0.39 is 6.18 Å². The van der Waals surface area contributed by atoms with Crippen LogP contribution in [-0.4, -0.2) is 46.7 Å². The van der Waals surface area contributed by atoms with Gasteiger partial charge in [-0.1, -0.05) is 32.9 Å². The standard InChI is InChI=1S/C24H27FN4O2.C2H3F3.C2H6/c1-3-22(24(30)28-21-7-5-4-6-19(21)26)29-14-17(12-15(29)2)31-23-10-11-27-20-9-8-16(25)13-18(20)23;1-2(3,4)5;1-2/h4-11,13,15,17,22H,3,12,14,26H2,1-2H3,(H,28,30);1H3;1-2H3. The first-order valence-electron chi connectivity index (χ1n) is 12.6. The zero-order valence-electron chi connectivity index (χ0n) is 22.3. The fraction of sp³-hybridized carbons (Fsp3) is 0.429. The highest BCUT2D eigenvalue weighted by molar-refractivity contribution is 5.97. The van der Waals surface area contributed by atoms with Crippen LogP contribution in [0.1, 0.15) is 47.5 Å². The van der Waals surface area contributed by atoms with Gasteiger partial charge in [-0.05, 0) is 49.7 Å². The topological polar surface area (TPSA) is 80.5 Å². The average molecular weight is 537 g/mol. The average Bonchev–Trinajstić information content (AvgIpc) is 3.21. The number of carbonyl (C=O) groups is 1. The molecule has 38 heavy (non-hydrogen) atoms. The molecule has 1 fully saturated rings. The molecule has 0 spiro atoms. The molecule has 0 aliphatic carbocycles. The Kier molecular flexibility index (Phi) is 11.3. The van der Waals surface area contributed by atoms with Gasteiger partial charge in [0.1, 0.15) is 17.7 Å². The van der Waals surface area contributed by atoms with E-state index in [-0.39, 0.29) is 36.8 Å². The van der Waals surface area contributed by atoms with Gasteiger partial charge in [-0.25, -0.2) is 4.39 Å². The van der Waals surface area contributed by atoms with Crippen molar-refractivity contribution < 1.29 is 27.1 Å². The molecule has 1 aliphatic heterocycles. The van der Waals surface area contributed by atoms with Gasteiger partial charge >= 0.3 is 6.18 Å². The second-order valence-corrected chi connectivity index (χ2v) is 8.77. The molecule has 0 bridgehead atoms. The maximum Gasteiger partial charge on any atom is 0.386 e. The first-order chi connectivity index (χ1) is 18.0. The Bertz CT molecular complexity index is 1180. The largest absolute Gasteiger partial charge is 0.488 e. The normalized spacial score (nSPS) is 18.0. The number of benzene rings is 2. The molecule has 3 unspecified atom stereocenters. The Balaban J connectivity index is 0.000000651. The van der Waals surface area contributed by atoms with Crippen LogP contribution in [-0.2, 0) is 4.79 Å². The van der Waals surface area contributed by atoms with Gasteiger partial charge in [0.05, 0.1) is 22.9 Å². The monoisotopic (exact) mass is 536 g/mol. The van der Waals surface area contributed by atoms with Crippen LogP contribution in [0.3, 0.4) is 0 Å². The van der Waals surface area contributed by atoms with Crippen LogP contribution < -0.4 is 15.8 Å². The van der Waals surface area contributed by atoms with Gasteiger partial charge in [0.25, 0.3) is 0 Å². The summed E-state index contributed by atoms with van der Waals surface area (Å²) >= 11 is 0. The molecule has 1 amide bonds. The van der Waals surface area contributed by atoms with Crippen molar-refractivity contribution in [2.45, 2.75) is 71.8 Å². The Morgan fingerprint density at radius 2 is 1.87 bits per heavy atom. The first kappa shape index (κ1) is 30.8. The van der Waals surface area contributed by atoms with E-state index in [2.05, 4.69) is 22.1 Å². The molecular formula is C28H36F4N4O2. The van der Waals surface area contributed by atoms with Crippen LogP contribution >= 0.6 is 0 Å². The Morgan fingerprint density at radius 1 is 1.21 bits per heavy atom. The number of nitrogens with one attached hydrogen (secondary N) is 1. The summed E-state index contributed by atoms with van der Waals surface area (Å²) in [6.07, 6.45) is -0.999. The summed E-state index contributed by atoms with van der Waals surface area (Å²) in [6, 6.07) is 13.4. The molecule has 208 valence electrons. The van der Waals surface area contributed by atoms with Crippen molar-refractivity contribution in [2.75, 3.05) is 17.6 Å². The maximum absolute atomic E-state index is 13.8. The van der Waals surface area contributed by atoms with Gasteiger partial charge in [0.2, 0.25) is 5.91 Å². The Morgan fingerprint density at radius 3 is 2.50 bits per heavy atom. The number of alkyl halides is 3. The van der Waals surface area contributed by atoms with Crippen molar-refractivity contribution in [3.63, 3.8) is 0 Å². The number of likely N-dealkylation sites (tertiary alicyclic amines) is 1. The molecule has 1 aromatic heterocycles. The molecule has 3 aromatic rings. The summed E-state index contributed by atoms with van der Waals surface area (Å²) in [4.78, 5) is 19.5. The lowest BCUT2D eigenvalue weighted by Crippen LogP contribution is -2.46. The zero-order valence-corrected chi connectivity index (χ0v) is 22.3.